The molecule has 4 saturated carbocycles. The Bertz CT molecular complexity index is 724. The summed E-state index contributed by atoms with van der Waals surface area (Å²) in [6, 6.07) is 0. The maximum atomic E-state index is 9.24. The van der Waals surface area contributed by atoms with Gasteiger partial charge in [-0.05, 0) is 93.0 Å². The van der Waals surface area contributed by atoms with Crippen LogP contribution in [0.4, 0.5) is 0 Å². The van der Waals surface area contributed by atoms with Crippen molar-refractivity contribution in [2.24, 2.45) is 46.1 Å². The molecule has 0 saturated heterocycles. The van der Waals surface area contributed by atoms with Crippen LogP contribution in [0.25, 0.3) is 0 Å². The zero-order chi connectivity index (χ0) is 17.5. The summed E-state index contributed by atoms with van der Waals surface area (Å²) in [6.45, 7) is 3.26. The number of rotatable bonds is 1. The number of fused-ring (bicyclic) bond motifs is 9. The molecule has 1 heterocycles. The first-order valence-electron chi connectivity index (χ1n) is 11.0. The molecule has 4 fully saturated rings. The van der Waals surface area contributed by atoms with Gasteiger partial charge in [-0.25, -0.2) is 0 Å². The third-order valence-corrected chi connectivity index (χ3v) is 9.60. The fourth-order valence-corrected chi connectivity index (χ4v) is 8.64. The van der Waals surface area contributed by atoms with Gasteiger partial charge in [-0.1, -0.05) is 29.8 Å². The van der Waals surface area contributed by atoms with Crippen LogP contribution in [0.1, 0.15) is 58.3 Å². The van der Waals surface area contributed by atoms with Crippen molar-refractivity contribution in [2.75, 3.05) is 6.61 Å². The highest BCUT2D eigenvalue weighted by Gasteiger charge is 2.69. The Kier molecular flexibility index (Phi) is 3.21. The molecule has 0 aromatic rings. The van der Waals surface area contributed by atoms with Crippen LogP contribution in [0.3, 0.4) is 0 Å². The lowest BCUT2D eigenvalue weighted by Gasteiger charge is -2.57. The van der Waals surface area contributed by atoms with Crippen LogP contribution in [-0.4, -0.2) is 23.1 Å². The van der Waals surface area contributed by atoms with E-state index in [1.807, 2.05) is 0 Å². The van der Waals surface area contributed by atoms with Crippen LogP contribution in [0, 0.1) is 40.9 Å². The summed E-state index contributed by atoms with van der Waals surface area (Å²) in [6.07, 6.45) is 17.2. The van der Waals surface area contributed by atoms with Crippen LogP contribution in [-0.2, 0) is 4.74 Å². The molecular weight excluding hydrogens is 322 g/mol. The topological polar surface area (TPSA) is 41.8 Å². The summed E-state index contributed by atoms with van der Waals surface area (Å²) >= 11 is 0. The van der Waals surface area contributed by atoms with Crippen molar-refractivity contribution in [3.63, 3.8) is 0 Å². The molecule has 3 nitrogen and oxygen atoms in total. The van der Waals surface area contributed by atoms with E-state index in [4.69, 9.17) is 4.74 Å². The molecule has 0 aromatic heterocycles. The largest absolute Gasteiger partial charge is 0.411 e. The highest BCUT2D eigenvalue weighted by Crippen LogP contribution is 2.73. The summed E-state index contributed by atoms with van der Waals surface area (Å²) in [5.41, 5.74) is 3.02. The monoisotopic (exact) mass is 353 g/mol. The smallest absolute Gasteiger partial charge is 0.0926 e. The number of nitrogens with zero attached hydrogens (tertiary/aromatic N) is 1. The summed E-state index contributed by atoms with van der Waals surface area (Å²) in [4.78, 5) is 0. The maximum absolute atomic E-state index is 9.24. The van der Waals surface area contributed by atoms with E-state index >= 15 is 0 Å². The van der Waals surface area contributed by atoms with Gasteiger partial charge >= 0.3 is 0 Å². The first-order valence-corrected chi connectivity index (χ1v) is 11.0. The van der Waals surface area contributed by atoms with Gasteiger partial charge in [0.25, 0.3) is 0 Å². The molecule has 6 aliphatic rings. The predicted octanol–water partition coefficient (Wildman–Crippen LogP) is 4.96. The lowest BCUT2D eigenvalue weighted by molar-refractivity contribution is -0.125. The Morgan fingerprint density at radius 1 is 1.19 bits per heavy atom. The summed E-state index contributed by atoms with van der Waals surface area (Å²) < 4.78 is 6.46. The molecule has 1 spiro atoms. The van der Waals surface area contributed by atoms with Gasteiger partial charge in [-0.15, -0.1) is 0 Å². The third-order valence-electron chi connectivity index (χ3n) is 9.60. The van der Waals surface area contributed by atoms with Gasteiger partial charge in [0.2, 0.25) is 0 Å². The van der Waals surface area contributed by atoms with Crippen molar-refractivity contribution in [2.45, 2.75) is 63.9 Å². The van der Waals surface area contributed by atoms with E-state index in [0.717, 1.165) is 54.2 Å². The van der Waals surface area contributed by atoms with Crippen molar-refractivity contribution in [3.05, 3.63) is 23.8 Å². The lowest BCUT2D eigenvalue weighted by Crippen LogP contribution is -2.54. The molecule has 0 radical (unpaired) electrons. The van der Waals surface area contributed by atoms with Crippen LogP contribution < -0.4 is 0 Å². The second kappa shape index (κ2) is 5.25. The molecule has 1 N–H and O–H groups in total. The van der Waals surface area contributed by atoms with Crippen molar-refractivity contribution in [1.29, 1.82) is 0 Å². The van der Waals surface area contributed by atoms with Gasteiger partial charge in [-0.3, -0.25) is 0 Å². The predicted molar refractivity (Wildman–Crippen MR) is 101 cm³/mol. The number of allylic oxidation sites excluding steroid dienone is 2. The van der Waals surface area contributed by atoms with E-state index in [1.54, 1.807) is 5.57 Å². The number of hydrogen-bond donors (Lipinski definition) is 1. The third kappa shape index (κ3) is 1.77. The van der Waals surface area contributed by atoms with Crippen LogP contribution in [0.15, 0.2) is 29.0 Å². The molecule has 3 heteroatoms. The minimum absolute atomic E-state index is 0.0567. The van der Waals surface area contributed by atoms with Crippen LogP contribution in [0.5, 0.6) is 0 Å². The first-order chi connectivity index (χ1) is 12.7. The van der Waals surface area contributed by atoms with Gasteiger partial charge in [0.05, 0.1) is 17.9 Å². The molecule has 5 unspecified atom stereocenters. The zero-order valence-electron chi connectivity index (χ0n) is 15.9. The highest BCUT2D eigenvalue weighted by atomic mass is 16.5. The lowest BCUT2D eigenvalue weighted by atomic mass is 9.49. The molecule has 8 atom stereocenters. The first kappa shape index (κ1) is 15.9. The number of hydrogen-bond acceptors (Lipinski definition) is 3. The molecule has 140 valence electrons. The van der Waals surface area contributed by atoms with E-state index in [-0.39, 0.29) is 5.60 Å². The molecule has 6 rings (SSSR count). The Morgan fingerprint density at radius 3 is 2.88 bits per heavy atom. The molecule has 5 aliphatic carbocycles. The minimum Gasteiger partial charge on any atom is -0.411 e. The second-order valence-corrected chi connectivity index (χ2v) is 9.92. The Hall–Kier alpha value is -1.09. The van der Waals surface area contributed by atoms with E-state index < -0.39 is 0 Å². The molecule has 0 amide bonds. The SMILES string of the molecule is CC[C@]12CCC3C(C4CC4C4=CC(=NO)CC[C@@H]43)C1CC[C@@]21C=CCO1. The number of oxime groups is 1. The van der Waals surface area contributed by atoms with Crippen LogP contribution in [0.2, 0.25) is 0 Å². The normalized spacial score (nSPS) is 55.3. The van der Waals surface area contributed by atoms with Crippen molar-refractivity contribution in [1.82, 2.24) is 0 Å². The van der Waals surface area contributed by atoms with E-state index in [9.17, 15) is 5.21 Å². The molecule has 0 bridgehead atoms. The van der Waals surface area contributed by atoms with Crippen LogP contribution >= 0.6 is 0 Å². The highest BCUT2D eigenvalue weighted by molar-refractivity contribution is 5.96. The fourth-order valence-electron chi connectivity index (χ4n) is 8.64. The molecule has 0 aromatic carbocycles. The number of ether oxygens (including phenoxy) is 1. The van der Waals surface area contributed by atoms with E-state index in [0.29, 0.717) is 5.41 Å². The summed E-state index contributed by atoms with van der Waals surface area (Å²) in [7, 11) is 0. The van der Waals surface area contributed by atoms with Gasteiger partial charge in [0, 0.05) is 5.41 Å². The average molecular weight is 354 g/mol. The Morgan fingerprint density at radius 2 is 2.12 bits per heavy atom. The maximum Gasteiger partial charge on any atom is 0.0926 e. The Balaban J connectivity index is 1.39. The van der Waals surface area contributed by atoms with E-state index in [2.05, 4.69) is 30.3 Å². The van der Waals surface area contributed by atoms with Crippen molar-refractivity contribution >= 4 is 5.71 Å². The fraction of sp³-hybridized carbons (Fsp3) is 0.783. The zero-order valence-corrected chi connectivity index (χ0v) is 15.9. The van der Waals surface area contributed by atoms with Gasteiger partial charge in [0.15, 0.2) is 0 Å². The van der Waals surface area contributed by atoms with Gasteiger partial charge < -0.3 is 9.94 Å². The quantitative estimate of drug-likeness (QED) is 0.411. The Labute approximate surface area is 156 Å². The van der Waals surface area contributed by atoms with Gasteiger partial charge in [0.1, 0.15) is 0 Å². The summed E-state index contributed by atoms with van der Waals surface area (Å²) in [5, 5.41) is 12.8. The standard InChI is InChI=1S/C23H31NO2/c1-2-22-9-6-16-15-5-4-14(24-25)12-17(15)18-13-19(18)21(16)20(22)7-10-23(22)8-3-11-26-23/h3,8,12,15-16,18-21,25H,2,4-7,9-11,13H2,1H3/t15-,16?,18?,19?,20?,21?,22+,23+/m1/s1. The second-order valence-electron chi connectivity index (χ2n) is 9.92. The molecular formula is C23H31NO2. The minimum atomic E-state index is 0.0567. The van der Waals surface area contributed by atoms with Crippen molar-refractivity contribution in [3.8, 4) is 0 Å². The molecule has 1 aliphatic heterocycles. The summed E-state index contributed by atoms with van der Waals surface area (Å²) in [5.74, 6) is 5.11. The molecule has 26 heavy (non-hydrogen) atoms. The van der Waals surface area contributed by atoms with Crippen molar-refractivity contribution < 1.29 is 9.94 Å². The average Bonchev–Trinajstić information content (AvgIpc) is 3.24. The van der Waals surface area contributed by atoms with Gasteiger partial charge in [-0.2, -0.15) is 0 Å². The van der Waals surface area contributed by atoms with E-state index in [1.165, 1.54) is 44.9 Å².